The van der Waals surface area contributed by atoms with Crippen molar-refractivity contribution < 1.29 is 5.11 Å². The molecule has 0 aliphatic rings. The molecule has 0 radical (unpaired) electrons. The van der Waals surface area contributed by atoms with Gasteiger partial charge in [0.2, 0.25) is 0 Å². The maximum atomic E-state index is 11.6. The van der Waals surface area contributed by atoms with E-state index in [1.165, 1.54) is 6.20 Å². The van der Waals surface area contributed by atoms with Gasteiger partial charge in [0, 0.05) is 11.8 Å². The van der Waals surface area contributed by atoms with E-state index in [1.54, 1.807) is 6.07 Å². The zero-order valence-corrected chi connectivity index (χ0v) is 13.1. The molecule has 0 spiro atoms. The molecule has 110 valence electrons. The van der Waals surface area contributed by atoms with Crippen LogP contribution in [0.15, 0.2) is 72.9 Å². The summed E-state index contributed by atoms with van der Waals surface area (Å²) in [4.78, 5) is 3.96. The maximum Gasteiger partial charge on any atom is 0.142 e. The third-order valence-corrected chi connectivity index (χ3v) is 4.10. The van der Waals surface area contributed by atoms with Gasteiger partial charge in [-0.25, -0.2) is 4.98 Å². The van der Waals surface area contributed by atoms with Crippen LogP contribution in [0.4, 0.5) is 0 Å². The van der Waals surface area contributed by atoms with E-state index in [9.17, 15) is 5.11 Å². The highest BCUT2D eigenvalue weighted by Crippen LogP contribution is 2.40. The first-order valence-corrected chi connectivity index (χ1v) is 7.53. The van der Waals surface area contributed by atoms with Crippen molar-refractivity contribution in [1.82, 2.24) is 4.98 Å². The molecular weight excluding hydrogens is 317 g/mol. The fraction of sp³-hybridized carbons (Fsp3) is 0.0556. The Kier molecular flexibility index (Phi) is 4.16. The molecule has 0 aliphatic heterocycles. The molecule has 0 saturated heterocycles. The Morgan fingerprint density at radius 1 is 0.818 bits per heavy atom. The third kappa shape index (κ3) is 2.61. The highest BCUT2D eigenvalue weighted by Gasteiger charge is 2.35. The average molecular weight is 330 g/mol. The first-order chi connectivity index (χ1) is 10.6. The van der Waals surface area contributed by atoms with Gasteiger partial charge in [-0.05, 0) is 17.2 Å². The first kappa shape index (κ1) is 15.0. The number of nitrogens with zero attached hydrogens (tertiary/aromatic N) is 1. The average Bonchev–Trinajstić information content (AvgIpc) is 2.58. The van der Waals surface area contributed by atoms with Gasteiger partial charge in [0.1, 0.15) is 10.8 Å². The second-order valence-electron chi connectivity index (χ2n) is 4.93. The van der Waals surface area contributed by atoms with Crippen LogP contribution in [0.2, 0.25) is 10.2 Å². The van der Waals surface area contributed by atoms with E-state index in [-0.39, 0.29) is 5.15 Å². The lowest BCUT2D eigenvalue weighted by Gasteiger charge is -2.30. The molecule has 2 aromatic carbocycles. The SMILES string of the molecule is OC(c1ccccc1)(c1ccccc1)c1cc(Cl)ncc1Cl. The van der Waals surface area contributed by atoms with Crippen molar-refractivity contribution >= 4 is 23.2 Å². The van der Waals surface area contributed by atoms with Crippen LogP contribution in [0, 0.1) is 0 Å². The van der Waals surface area contributed by atoms with Crippen molar-refractivity contribution in [3.63, 3.8) is 0 Å². The minimum absolute atomic E-state index is 0.282. The molecule has 3 rings (SSSR count). The molecule has 1 heterocycles. The van der Waals surface area contributed by atoms with E-state index in [0.717, 1.165) is 0 Å². The van der Waals surface area contributed by atoms with Gasteiger partial charge < -0.3 is 5.11 Å². The number of aromatic nitrogens is 1. The zero-order valence-electron chi connectivity index (χ0n) is 11.6. The summed E-state index contributed by atoms with van der Waals surface area (Å²) in [5.74, 6) is 0. The maximum absolute atomic E-state index is 11.6. The molecule has 0 aliphatic carbocycles. The summed E-state index contributed by atoms with van der Waals surface area (Å²) in [5.41, 5.74) is 0.536. The Bertz CT molecular complexity index is 736. The van der Waals surface area contributed by atoms with Gasteiger partial charge in [-0.1, -0.05) is 83.9 Å². The van der Waals surface area contributed by atoms with E-state index >= 15 is 0 Å². The van der Waals surface area contributed by atoms with Gasteiger partial charge in [-0.2, -0.15) is 0 Å². The first-order valence-electron chi connectivity index (χ1n) is 6.77. The highest BCUT2D eigenvalue weighted by atomic mass is 35.5. The van der Waals surface area contributed by atoms with Crippen LogP contribution < -0.4 is 0 Å². The Morgan fingerprint density at radius 3 is 1.82 bits per heavy atom. The summed E-state index contributed by atoms with van der Waals surface area (Å²) in [6.45, 7) is 0. The van der Waals surface area contributed by atoms with Gasteiger partial charge in [0.05, 0.1) is 5.02 Å². The Morgan fingerprint density at radius 2 is 1.32 bits per heavy atom. The van der Waals surface area contributed by atoms with Crippen molar-refractivity contribution in [3.8, 4) is 0 Å². The van der Waals surface area contributed by atoms with Crippen LogP contribution in [0.25, 0.3) is 0 Å². The number of hydrogen-bond donors (Lipinski definition) is 1. The fourth-order valence-corrected chi connectivity index (χ4v) is 2.92. The monoisotopic (exact) mass is 329 g/mol. The molecule has 0 amide bonds. The van der Waals surface area contributed by atoms with Crippen LogP contribution in [0.1, 0.15) is 16.7 Å². The van der Waals surface area contributed by atoms with Crippen molar-refractivity contribution in [2.45, 2.75) is 5.60 Å². The van der Waals surface area contributed by atoms with Crippen molar-refractivity contribution in [2.24, 2.45) is 0 Å². The van der Waals surface area contributed by atoms with Crippen molar-refractivity contribution in [3.05, 3.63) is 99.8 Å². The lowest BCUT2D eigenvalue weighted by Crippen LogP contribution is -2.29. The van der Waals surface area contributed by atoms with Gasteiger partial charge >= 0.3 is 0 Å². The summed E-state index contributed by atoms with van der Waals surface area (Å²) >= 11 is 12.3. The Labute approximate surface area is 139 Å². The lowest BCUT2D eigenvalue weighted by atomic mass is 9.81. The minimum atomic E-state index is -1.40. The van der Waals surface area contributed by atoms with E-state index in [0.29, 0.717) is 21.7 Å². The van der Waals surface area contributed by atoms with Gasteiger partial charge in [-0.3, -0.25) is 0 Å². The molecule has 0 bridgehead atoms. The quantitative estimate of drug-likeness (QED) is 0.708. The molecule has 3 aromatic rings. The van der Waals surface area contributed by atoms with E-state index in [1.807, 2.05) is 60.7 Å². The molecule has 0 atom stereocenters. The second kappa shape index (κ2) is 6.09. The standard InChI is InChI=1S/C18H13Cl2NO/c19-16-12-21-17(20)11-15(16)18(22,13-7-3-1-4-8-13)14-9-5-2-6-10-14/h1-12,22H. The van der Waals surface area contributed by atoms with E-state index in [2.05, 4.69) is 4.98 Å². The number of hydrogen-bond acceptors (Lipinski definition) is 2. The molecule has 1 N–H and O–H groups in total. The van der Waals surface area contributed by atoms with Gasteiger partial charge in [0.25, 0.3) is 0 Å². The molecule has 0 fully saturated rings. The fourth-order valence-electron chi connectivity index (χ4n) is 2.53. The zero-order chi connectivity index (χ0) is 15.6. The second-order valence-corrected chi connectivity index (χ2v) is 5.72. The Hall–Kier alpha value is -1.87. The minimum Gasteiger partial charge on any atom is -0.376 e. The van der Waals surface area contributed by atoms with E-state index in [4.69, 9.17) is 23.2 Å². The number of pyridine rings is 1. The summed E-state index contributed by atoms with van der Waals surface area (Å²) < 4.78 is 0. The predicted octanol–water partition coefficient (Wildman–Crippen LogP) is 4.67. The number of benzene rings is 2. The lowest BCUT2D eigenvalue weighted by molar-refractivity contribution is 0.125. The third-order valence-electron chi connectivity index (χ3n) is 3.59. The molecule has 1 aromatic heterocycles. The number of rotatable bonds is 3. The van der Waals surface area contributed by atoms with E-state index < -0.39 is 5.60 Å². The van der Waals surface area contributed by atoms with Gasteiger partial charge in [-0.15, -0.1) is 0 Å². The van der Waals surface area contributed by atoms with Crippen LogP contribution >= 0.6 is 23.2 Å². The smallest absolute Gasteiger partial charge is 0.142 e. The van der Waals surface area contributed by atoms with Crippen LogP contribution in [0.3, 0.4) is 0 Å². The normalized spacial score (nSPS) is 11.4. The molecule has 4 heteroatoms. The largest absolute Gasteiger partial charge is 0.376 e. The number of halogens is 2. The van der Waals surface area contributed by atoms with Crippen molar-refractivity contribution in [1.29, 1.82) is 0 Å². The van der Waals surface area contributed by atoms with Crippen LogP contribution in [0.5, 0.6) is 0 Å². The summed E-state index contributed by atoms with van der Waals surface area (Å²) in [7, 11) is 0. The van der Waals surface area contributed by atoms with Crippen LogP contribution in [-0.2, 0) is 5.60 Å². The van der Waals surface area contributed by atoms with Crippen molar-refractivity contribution in [2.75, 3.05) is 0 Å². The number of aliphatic hydroxyl groups is 1. The molecule has 22 heavy (non-hydrogen) atoms. The summed E-state index contributed by atoms with van der Waals surface area (Å²) in [6, 6.07) is 20.3. The molecular formula is C18H13Cl2NO. The van der Waals surface area contributed by atoms with Gasteiger partial charge in [0.15, 0.2) is 0 Å². The molecule has 2 nitrogen and oxygen atoms in total. The Balaban J connectivity index is 2.31. The summed E-state index contributed by atoms with van der Waals surface area (Å²) in [6.07, 6.45) is 1.45. The van der Waals surface area contributed by atoms with Crippen LogP contribution in [-0.4, -0.2) is 10.1 Å². The highest BCUT2D eigenvalue weighted by molar-refractivity contribution is 6.32. The molecule has 0 unspecified atom stereocenters. The predicted molar refractivity (Wildman–Crippen MR) is 89.2 cm³/mol. The summed E-state index contributed by atoms with van der Waals surface area (Å²) in [5, 5.41) is 12.2. The topological polar surface area (TPSA) is 33.1 Å². The molecule has 0 saturated carbocycles.